The lowest BCUT2D eigenvalue weighted by atomic mass is 9.99. The number of fused-ring (bicyclic) bond motifs is 1. The van der Waals surface area contributed by atoms with Crippen molar-refractivity contribution in [2.24, 2.45) is 16.5 Å². The Balaban J connectivity index is 1.63. The Bertz CT molecular complexity index is 1140. The zero-order chi connectivity index (χ0) is 24.6. The van der Waals surface area contributed by atoms with Crippen molar-refractivity contribution < 1.29 is 18.0 Å². The van der Waals surface area contributed by atoms with Crippen molar-refractivity contribution in [1.29, 1.82) is 0 Å². The lowest BCUT2D eigenvalue weighted by Crippen LogP contribution is -2.41. The topological polar surface area (TPSA) is 118 Å². The van der Waals surface area contributed by atoms with Crippen LogP contribution < -0.4 is 16.4 Å². The van der Waals surface area contributed by atoms with Gasteiger partial charge in [0.1, 0.15) is 11.5 Å². The maximum absolute atomic E-state index is 13.1. The summed E-state index contributed by atoms with van der Waals surface area (Å²) in [7, 11) is 1.01. The molecule has 2 saturated heterocycles. The highest BCUT2D eigenvalue weighted by atomic mass is 19.4. The molecule has 0 radical (unpaired) electrons. The second-order valence-electron chi connectivity index (χ2n) is 8.83. The number of carbonyl (C=O) groups is 1. The molecule has 2 aliphatic heterocycles. The Morgan fingerprint density at radius 1 is 1.26 bits per heavy atom. The minimum atomic E-state index is -4.69. The molecule has 1 amide bonds. The number of hydrogen-bond donors (Lipinski definition) is 2. The summed E-state index contributed by atoms with van der Waals surface area (Å²) in [6.07, 6.45) is 0.917. The predicted molar refractivity (Wildman–Crippen MR) is 123 cm³/mol. The van der Waals surface area contributed by atoms with Crippen LogP contribution in [0.2, 0.25) is 0 Å². The molecule has 184 valence electrons. The normalized spacial score (nSPS) is 22.6. The van der Waals surface area contributed by atoms with Crippen LogP contribution in [-0.2, 0) is 4.79 Å². The van der Waals surface area contributed by atoms with Gasteiger partial charge in [0.05, 0.1) is 17.4 Å². The summed E-state index contributed by atoms with van der Waals surface area (Å²) in [6, 6.07) is 1.53. The van der Waals surface area contributed by atoms with Gasteiger partial charge in [-0.1, -0.05) is 0 Å². The fourth-order valence-electron chi connectivity index (χ4n) is 4.61. The molecule has 0 spiro atoms. The molecule has 2 aromatic rings. The van der Waals surface area contributed by atoms with Crippen molar-refractivity contribution >= 4 is 23.1 Å². The van der Waals surface area contributed by atoms with Gasteiger partial charge in [-0.3, -0.25) is 9.79 Å². The van der Waals surface area contributed by atoms with Gasteiger partial charge in [0.15, 0.2) is 5.65 Å². The summed E-state index contributed by atoms with van der Waals surface area (Å²) in [5.74, 6) is 0.192. The molecule has 12 heteroatoms. The third kappa shape index (κ3) is 4.72. The molecule has 0 bridgehead atoms. The second kappa shape index (κ2) is 9.24. The van der Waals surface area contributed by atoms with E-state index in [0.29, 0.717) is 30.4 Å². The molecule has 9 nitrogen and oxygen atoms in total. The van der Waals surface area contributed by atoms with E-state index >= 15 is 0 Å². The number of carbonyl (C=O) groups excluding carboxylic acids is 1. The third-order valence-electron chi connectivity index (χ3n) is 6.32. The average Bonchev–Trinajstić information content (AvgIpc) is 3.40. The summed E-state index contributed by atoms with van der Waals surface area (Å²) in [5, 5.41) is 4.64. The standard InChI is InChI=1S/C22H29F3N8O/c1-13-11-33-19(29-20(13)31-8-6-14(26)12-31)10-16(30-33)17-5-3-4-7-32(17)21(34)15(27)9-18(28-2)22(23,24)25/h9-11,14,17H,3-8,12,26-27H2,1-2H3/t14-,17-/m0/s1. The molecule has 2 aromatic heterocycles. The molecule has 0 saturated carbocycles. The van der Waals surface area contributed by atoms with E-state index in [1.165, 1.54) is 4.90 Å². The molecule has 34 heavy (non-hydrogen) atoms. The highest BCUT2D eigenvalue weighted by molar-refractivity contribution is 6.06. The highest BCUT2D eigenvalue weighted by Gasteiger charge is 2.36. The fourth-order valence-corrected chi connectivity index (χ4v) is 4.61. The molecule has 2 fully saturated rings. The molecule has 2 aliphatic rings. The van der Waals surface area contributed by atoms with Crippen LogP contribution in [-0.4, -0.2) is 70.0 Å². The number of alkyl halides is 3. The Hall–Kier alpha value is -3.15. The van der Waals surface area contributed by atoms with Crippen molar-refractivity contribution in [2.75, 3.05) is 31.6 Å². The Morgan fingerprint density at radius 3 is 2.68 bits per heavy atom. The predicted octanol–water partition coefficient (Wildman–Crippen LogP) is 2.10. The molecule has 2 atom stereocenters. The maximum Gasteiger partial charge on any atom is 0.432 e. The number of anilines is 1. The molecule has 0 aromatic carbocycles. The smallest absolute Gasteiger partial charge is 0.394 e. The third-order valence-corrected chi connectivity index (χ3v) is 6.32. The van der Waals surface area contributed by atoms with Crippen molar-refractivity contribution in [1.82, 2.24) is 19.5 Å². The number of likely N-dealkylation sites (tertiary alicyclic amines) is 1. The number of aromatic nitrogens is 3. The number of amides is 1. The number of nitrogens with two attached hydrogens (primary N) is 2. The van der Waals surface area contributed by atoms with Gasteiger partial charge in [-0.05, 0) is 38.7 Å². The largest absolute Gasteiger partial charge is 0.432 e. The van der Waals surface area contributed by atoms with Gasteiger partial charge in [0.2, 0.25) is 0 Å². The molecule has 4 rings (SSSR count). The van der Waals surface area contributed by atoms with Gasteiger partial charge in [0, 0.05) is 50.6 Å². The number of piperidine rings is 1. The first-order valence-electron chi connectivity index (χ1n) is 11.3. The van der Waals surface area contributed by atoms with E-state index in [9.17, 15) is 18.0 Å². The fraction of sp³-hybridized carbons (Fsp3) is 0.545. The van der Waals surface area contributed by atoms with Crippen molar-refractivity contribution in [3.63, 3.8) is 0 Å². The van der Waals surface area contributed by atoms with Crippen LogP contribution in [0, 0.1) is 6.92 Å². The van der Waals surface area contributed by atoms with Crippen LogP contribution in [0.15, 0.2) is 29.0 Å². The van der Waals surface area contributed by atoms with Gasteiger partial charge < -0.3 is 21.3 Å². The van der Waals surface area contributed by atoms with E-state index in [1.807, 2.05) is 19.2 Å². The summed E-state index contributed by atoms with van der Waals surface area (Å²) in [5.41, 5.74) is 12.4. The summed E-state index contributed by atoms with van der Waals surface area (Å²) < 4.78 is 40.8. The van der Waals surface area contributed by atoms with E-state index in [2.05, 4.69) is 15.0 Å². The number of allylic oxidation sites excluding steroid dienone is 1. The quantitative estimate of drug-likeness (QED) is 0.513. The van der Waals surface area contributed by atoms with Crippen LogP contribution >= 0.6 is 0 Å². The van der Waals surface area contributed by atoms with E-state index < -0.39 is 29.5 Å². The van der Waals surface area contributed by atoms with E-state index in [1.54, 1.807) is 4.52 Å². The number of nitrogens with zero attached hydrogens (tertiary/aromatic N) is 6. The minimum Gasteiger partial charge on any atom is -0.394 e. The Labute approximate surface area is 195 Å². The number of aliphatic imine (C=N–C) groups is 1. The van der Waals surface area contributed by atoms with Crippen molar-refractivity contribution in [3.05, 3.63) is 35.3 Å². The molecular formula is C22H29F3N8O. The van der Waals surface area contributed by atoms with Crippen LogP contribution in [0.4, 0.5) is 19.0 Å². The van der Waals surface area contributed by atoms with Gasteiger partial charge in [-0.15, -0.1) is 0 Å². The van der Waals surface area contributed by atoms with Gasteiger partial charge in [-0.2, -0.15) is 18.3 Å². The van der Waals surface area contributed by atoms with Crippen LogP contribution in [0.5, 0.6) is 0 Å². The minimum absolute atomic E-state index is 0.119. The Morgan fingerprint density at radius 2 is 2.03 bits per heavy atom. The molecular weight excluding hydrogens is 449 g/mol. The first-order valence-corrected chi connectivity index (χ1v) is 11.3. The van der Waals surface area contributed by atoms with E-state index in [4.69, 9.17) is 16.5 Å². The molecule has 4 heterocycles. The number of rotatable bonds is 4. The SMILES string of the molecule is CN=C(C=C(N)C(=O)N1CCCC[C@H]1c1cc2nc(N3CC[C@H](N)C3)c(C)cn2n1)C(F)(F)F. The summed E-state index contributed by atoms with van der Waals surface area (Å²) in [4.78, 5) is 24.7. The van der Waals surface area contributed by atoms with Crippen molar-refractivity contribution in [2.45, 2.75) is 50.9 Å². The van der Waals surface area contributed by atoms with Crippen molar-refractivity contribution in [3.8, 4) is 0 Å². The first kappa shape index (κ1) is 24.0. The molecule has 4 N–H and O–H groups in total. The number of halogens is 3. The number of hydrogen-bond acceptors (Lipinski definition) is 7. The van der Waals surface area contributed by atoms with Gasteiger partial charge in [0.25, 0.3) is 5.91 Å². The second-order valence-corrected chi connectivity index (χ2v) is 8.83. The van der Waals surface area contributed by atoms with Crippen LogP contribution in [0.3, 0.4) is 0 Å². The summed E-state index contributed by atoms with van der Waals surface area (Å²) in [6.45, 7) is 3.91. The summed E-state index contributed by atoms with van der Waals surface area (Å²) >= 11 is 0. The molecule has 0 unspecified atom stereocenters. The zero-order valence-corrected chi connectivity index (χ0v) is 19.2. The van der Waals surface area contributed by atoms with Gasteiger partial charge >= 0.3 is 6.18 Å². The maximum atomic E-state index is 13.1. The zero-order valence-electron chi connectivity index (χ0n) is 19.2. The Kier molecular flexibility index (Phi) is 6.52. The number of aryl methyl sites for hydroxylation is 1. The average molecular weight is 479 g/mol. The highest BCUT2D eigenvalue weighted by Crippen LogP contribution is 2.32. The van der Waals surface area contributed by atoms with Crippen LogP contribution in [0.25, 0.3) is 5.65 Å². The van der Waals surface area contributed by atoms with Crippen LogP contribution in [0.1, 0.15) is 43.0 Å². The lowest BCUT2D eigenvalue weighted by molar-refractivity contribution is -0.131. The van der Waals surface area contributed by atoms with E-state index in [-0.39, 0.29) is 6.04 Å². The first-order chi connectivity index (χ1) is 16.1. The van der Waals surface area contributed by atoms with E-state index in [0.717, 1.165) is 50.8 Å². The molecule has 0 aliphatic carbocycles. The lowest BCUT2D eigenvalue weighted by Gasteiger charge is -2.34. The monoisotopic (exact) mass is 478 g/mol. The van der Waals surface area contributed by atoms with Gasteiger partial charge in [-0.25, -0.2) is 9.50 Å².